The molecule has 1 aliphatic heterocycles. The average molecular weight is 484 g/mol. The lowest BCUT2D eigenvalue weighted by atomic mass is 10.1. The molecule has 0 atom stereocenters. The van der Waals surface area contributed by atoms with Crippen molar-refractivity contribution in [1.82, 2.24) is 4.90 Å². The Kier molecular flexibility index (Phi) is 7.01. The molecule has 4 rings (SSSR count). The summed E-state index contributed by atoms with van der Waals surface area (Å²) < 4.78 is 24.6. The van der Waals surface area contributed by atoms with Gasteiger partial charge in [0.05, 0.1) is 18.6 Å². The second kappa shape index (κ2) is 10.1. The monoisotopic (exact) mass is 483 g/mol. The molecule has 0 saturated carbocycles. The van der Waals surface area contributed by atoms with E-state index in [9.17, 15) is 14.0 Å². The Hall–Kier alpha value is -3.29. The Balaban J connectivity index is 1.58. The minimum absolute atomic E-state index is 0.0680. The zero-order chi connectivity index (χ0) is 23.4. The van der Waals surface area contributed by atoms with Gasteiger partial charge in [0.2, 0.25) is 0 Å². The van der Waals surface area contributed by atoms with Gasteiger partial charge >= 0.3 is 0 Å². The van der Waals surface area contributed by atoms with Crippen molar-refractivity contribution in [1.29, 1.82) is 0 Å². The molecule has 168 valence electrons. The smallest absolute Gasteiger partial charge is 0.293 e. The summed E-state index contributed by atoms with van der Waals surface area (Å²) in [4.78, 5) is 26.8. The van der Waals surface area contributed by atoms with Crippen LogP contribution in [-0.4, -0.2) is 23.2 Å². The zero-order valence-electron chi connectivity index (χ0n) is 17.6. The number of hydrogen-bond donors (Lipinski definition) is 0. The number of halogens is 2. The Bertz CT molecular complexity index is 1230. The summed E-state index contributed by atoms with van der Waals surface area (Å²) in [6.07, 6.45) is 1.62. The minimum Gasteiger partial charge on any atom is -0.493 e. The first-order valence-electron chi connectivity index (χ1n) is 9.98. The van der Waals surface area contributed by atoms with Gasteiger partial charge in [0.25, 0.3) is 11.1 Å². The molecule has 1 aliphatic rings. The molecule has 0 spiro atoms. The maximum atomic E-state index is 13.2. The Morgan fingerprint density at radius 2 is 1.79 bits per heavy atom. The van der Waals surface area contributed by atoms with Crippen LogP contribution in [0, 0.1) is 5.82 Å². The summed E-state index contributed by atoms with van der Waals surface area (Å²) in [5.74, 6) is 0.149. The molecule has 0 unspecified atom stereocenters. The largest absolute Gasteiger partial charge is 0.493 e. The number of carbonyl (C=O) groups is 2. The van der Waals surface area contributed by atoms with Crippen molar-refractivity contribution in [2.45, 2.75) is 13.2 Å². The fraction of sp³-hybridized carbons (Fsp3) is 0.120. The normalized spacial score (nSPS) is 14.8. The molecule has 0 bridgehead atoms. The molecule has 2 amide bonds. The fourth-order valence-electron chi connectivity index (χ4n) is 3.29. The third-order valence-corrected chi connectivity index (χ3v) is 6.06. The number of rotatable bonds is 7. The third-order valence-electron chi connectivity index (χ3n) is 4.92. The van der Waals surface area contributed by atoms with E-state index in [1.807, 2.05) is 12.1 Å². The molecule has 3 aromatic carbocycles. The standard InChI is InChI=1S/C25H19ClFNO4S/c1-31-21-7-3-5-18(23(21)32-15-17-4-2-6-19(26)12-17)13-22-24(29)28(25(30)33-22)14-16-8-10-20(27)11-9-16/h2-13H,14-15H2,1H3/b22-13-. The quantitative estimate of drug-likeness (QED) is 0.369. The highest BCUT2D eigenvalue weighted by Gasteiger charge is 2.35. The Morgan fingerprint density at radius 1 is 1.03 bits per heavy atom. The molecule has 1 saturated heterocycles. The predicted molar refractivity (Wildman–Crippen MR) is 127 cm³/mol. The molecule has 33 heavy (non-hydrogen) atoms. The van der Waals surface area contributed by atoms with Crippen molar-refractivity contribution >= 4 is 40.6 Å². The van der Waals surface area contributed by atoms with Gasteiger partial charge in [-0.2, -0.15) is 0 Å². The molecule has 0 N–H and O–H groups in total. The van der Waals surface area contributed by atoms with Gasteiger partial charge in [-0.05, 0) is 59.3 Å². The maximum absolute atomic E-state index is 13.2. The summed E-state index contributed by atoms with van der Waals surface area (Å²) in [5, 5.41) is 0.214. The molecule has 5 nitrogen and oxygen atoms in total. The van der Waals surface area contributed by atoms with Crippen molar-refractivity contribution in [3.05, 3.63) is 99.2 Å². The molecular formula is C25H19ClFNO4S. The summed E-state index contributed by atoms with van der Waals surface area (Å²) in [7, 11) is 1.53. The van der Waals surface area contributed by atoms with E-state index in [2.05, 4.69) is 0 Å². The van der Waals surface area contributed by atoms with Gasteiger partial charge in [-0.3, -0.25) is 14.5 Å². The van der Waals surface area contributed by atoms with E-state index in [0.29, 0.717) is 27.6 Å². The van der Waals surface area contributed by atoms with Gasteiger partial charge < -0.3 is 9.47 Å². The molecule has 8 heteroatoms. The van der Waals surface area contributed by atoms with Crippen molar-refractivity contribution in [3.63, 3.8) is 0 Å². The maximum Gasteiger partial charge on any atom is 0.293 e. The number of ether oxygens (including phenoxy) is 2. The van der Waals surface area contributed by atoms with Crippen LogP contribution in [0.1, 0.15) is 16.7 Å². The van der Waals surface area contributed by atoms with E-state index in [1.54, 1.807) is 48.5 Å². The van der Waals surface area contributed by atoms with Crippen LogP contribution in [0.4, 0.5) is 9.18 Å². The number of imide groups is 1. The number of hydrogen-bond acceptors (Lipinski definition) is 5. The van der Waals surface area contributed by atoms with Crippen LogP contribution in [0.2, 0.25) is 5.02 Å². The van der Waals surface area contributed by atoms with Gasteiger partial charge in [0.1, 0.15) is 12.4 Å². The van der Waals surface area contributed by atoms with Gasteiger partial charge in [-0.25, -0.2) is 4.39 Å². The van der Waals surface area contributed by atoms with Crippen molar-refractivity contribution in [2.24, 2.45) is 0 Å². The van der Waals surface area contributed by atoms with Crippen LogP contribution in [0.5, 0.6) is 11.5 Å². The fourth-order valence-corrected chi connectivity index (χ4v) is 4.34. The predicted octanol–water partition coefficient (Wildman–Crippen LogP) is 6.30. The highest BCUT2D eigenvalue weighted by Crippen LogP contribution is 2.38. The summed E-state index contributed by atoms with van der Waals surface area (Å²) in [6, 6.07) is 18.3. The van der Waals surface area contributed by atoms with Crippen molar-refractivity contribution in [3.8, 4) is 11.5 Å². The summed E-state index contributed by atoms with van der Waals surface area (Å²) in [5.41, 5.74) is 2.13. The molecule has 1 heterocycles. The van der Waals surface area contributed by atoms with E-state index in [1.165, 1.54) is 19.2 Å². The van der Waals surface area contributed by atoms with E-state index < -0.39 is 5.91 Å². The number of methoxy groups -OCH3 is 1. The van der Waals surface area contributed by atoms with Crippen molar-refractivity contribution < 1.29 is 23.5 Å². The first kappa shape index (κ1) is 22.9. The highest BCUT2D eigenvalue weighted by molar-refractivity contribution is 8.18. The number of nitrogens with zero attached hydrogens (tertiary/aromatic N) is 1. The minimum atomic E-state index is -0.419. The second-order valence-electron chi connectivity index (χ2n) is 7.19. The van der Waals surface area contributed by atoms with Crippen LogP contribution >= 0.6 is 23.4 Å². The van der Waals surface area contributed by atoms with E-state index in [4.69, 9.17) is 21.1 Å². The van der Waals surface area contributed by atoms with Crippen molar-refractivity contribution in [2.75, 3.05) is 7.11 Å². The lowest BCUT2D eigenvalue weighted by Gasteiger charge is -2.14. The van der Waals surface area contributed by atoms with E-state index >= 15 is 0 Å². The molecule has 0 aromatic heterocycles. The number of benzene rings is 3. The van der Waals surface area contributed by atoms with Gasteiger partial charge in [0.15, 0.2) is 11.5 Å². The third kappa shape index (κ3) is 5.38. The van der Waals surface area contributed by atoms with Crippen LogP contribution in [0.25, 0.3) is 6.08 Å². The first-order chi connectivity index (χ1) is 15.9. The molecule has 0 aliphatic carbocycles. The van der Waals surface area contributed by atoms with Crippen LogP contribution in [-0.2, 0) is 17.9 Å². The lowest BCUT2D eigenvalue weighted by Crippen LogP contribution is -2.27. The zero-order valence-corrected chi connectivity index (χ0v) is 19.2. The van der Waals surface area contributed by atoms with Gasteiger partial charge in [0, 0.05) is 10.6 Å². The summed E-state index contributed by atoms with van der Waals surface area (Å²) in [6.45, 7) is 0.312. The number of carbonyl (C=O) groups excluding carboxylic acids is 2. The SMILES string of the molecule is COc1cccc(/C=C2\SC(=O)N(Cc3ccc(F)cc3)C2=O)c1OCc1cccc(Cl)c1. The van der Waals surface area contributed by atoms with Crippen LogP contribution in [0.15, 0.2) is 71.6 Å². The Morgan fingerprint density at radius 3 is 2.52 bits per heavy atom. The van der Waals surface area contributed by atoms with Crippen LogP contribution in [0.3, 0.4) is 0 Å². The lowest BCUT2D eigenvalue weighted by molar-refractivity contribution is -0.123. The molecule has 3 aromatic rings. The topological polar surface area (TPSA) is 55.8 Å². The van der Waals surface area contributed by atoms with Gasteiger partial charge in [-0.15, -0.1) is 0 Å². The molecular weight excluding hydrogens is 465 g/mol. The molecule has 1 fully saturated rings. The Labute approximate surface area is 199 Å². The van der Waals surface area contributed by atoms with Gasteiger partial charge in [-0.1, -0.05) is 48.0 Å². The number of para-hydroxylation sites is 1. The first-order valence-corrected chi connectivity index (χ1v) is 11.2. The summed E-state index contributed by atoms with van der Waals surface area (Å²) >= 11 is 6.90. The van der Waals surface area contributed by atoms with E-state index in [-0.39, 0.29) is 29.1 Å². The number of thioether (sulfide) groups is 1. The second-order valence-corrected chi connectivity index (χ2v) is 8.62. The highest BCUT2D eigenvalue weighted by atomic mass is 35.5. The molecule has 0 radical (unpaired) electrons. The average Bonchev–Trinajstić information content (AvgIpc) is 3.06. The number of amides is 2. The van der Waals surface area contributed by atoms with Crippen LogP contribution < -0.4 is 9.47 Å². The van der Waals surface area contributed by atoms with E-state index in [0.717, 1.165) is 22.2 Å².